The maximum absolute atomic E-state index is 4.51. The summed E-state index contributed by atoms with van der Waals surface area (Å²) in [5, 5.41) is 0. The molecule has 0 radical (unpaired) electrons. The Morgan fingerprint density at radius 1 is 1.10 bits per heavy atom. The zero-order valence-corrected chi connectivity index (χ0v) is 14.2. The summed E-state index contributed by atoms with van der Waals surface area (Å²) >= 11 is 3.86. The van der Waals surface area contributed by atoms with Crippen LogP contribution in [0.3, 0.4) is 0 Å². The van der Waals surface area contributed by atoms with E-state index in [1.807, 2.05) is 12.3 Å². The SMILES string of the molecule is Cc1cccnc1CC(Br)c1ccccc1C(C)(C)C. The highest BCUT2D eigenvalue weighted by atomic mass is 79.9. The van der Waals surface area contributed by atoms with E-state index in [0.717, 1.165) is 12.1 Å². The topological polar surface area (TPSA) is 12.9 Å². The molecule has 2 heteroatoms. The number of benzene rings is 1. The molecule has 2 aromatic rings. The molecule has 0 amide bonds. The highest BCUT2D eigenvalue weighted by molar-refractivity contribution is 9.09. The van der Waals surface area contributed by atoms with Gasteiger partial charge in [-0.15, -0.1) is 0 Å². The van der Waals surface area contributed by atoms with Crippen molar-refractivity contribution in [3.63, 3.8) is 0 Å². The molecule has 0 aliphatic carbocycles. The van der Waals surface area contributed by atoms with Gasteiger partial charge in [-0.3, -0.25) is 4.98 Å². The number of aromatic nitrogens is 1. The molecule has 1 unspecified atom stereocenters. The van der Waals surface area contributed by atoms with E-state index < -0.39 is 0 Å². The van der Waals surface area contributed by atoms with Crippen molar-refractivity contribution in [2.75, 3.05) is 0 Å². The van der Waals surface area contributed by atoms with E-state index in [4.69, 9.17) is 0 Å². The van der Waals surface area contributed by atoms with Crippen molar-refractivity contribution >= 4 is 15.9 Å². The van der Waals surface area contributed by atoms with Gasteiger partial charge in [0, 0.05) is 23.1 Å². The van der Waals surface area contributed by atoms with Gasteiger partial charge < -0.3 is 0 Å². The zero-order valence-electron chi connectivity index (χ0n) is 12.7. The van der Waals surface area contributed by atoms with Gasteiger partial charge in [0.05, 0.1) is 0 Å². The second-order valence-electron chi connectivity index (χ2n) is 6.28. The first kappa shape index (κ1) is 15.2. The Morgan fingerprint density at radius 3 is 2.45 bits per heavy atom. The number of pyridine rings is 1. The third-order valence-corrected chi connectivity index (χ3v) is 4.41. The van der Waals surface area contributed by atoms with E-state index in [9.17, 15) is 0 Å². The van der Waals surface area contributed by atoms with Crippen LogP contribution in [0.4, 0.5) is 0 Å². The van der Waals surface area contributed by atoms with Crippen molar-refractivity contribution < 1.29 is 0 Å². The van der Waals surface area contributed by atoms with Crippen LogP contribution in [0.1, 0.15) is 48.0 Å². The number of nitrogens with zero attached hydrogens (tertiary/aromatic N) is 1. The molecule has 0 aliphatic heterocycles. The lowest BCUT2D eigenvalue weighted by atomic mass is 9.82. The minimum atomic E-state index is 0.155. The second kappa shape index (κ2) is 6.09. The van der Waals surface area contributed by atoms with Gasteiger partial charge in [-0.05, 0) is 35.1 Å². The third-order valence-electron chi connectivity index (χ3n) is 3.60. The average molecular weight is 332 g/mol. The summed E-state index contributed by atoms with van der Waals surface area (Å²) in [6, 6.07) is 12.8. The van der Waals surface area contributed by atoms with Crippen LogP contribution in [-0.2, 0) is 11.8 Å². The molecular weight excluding hydrogens is 310 g/mol. The fraction of sp³-hybridized carbons (Fsp3) is 0.389. The Bertz CT molecular complexity index is 584. The van der Waals surface area contributed by atoms with Crippen LogP contribution in [0.25, 0.3) is 0 Å². The predicted molar refractivity (Wildman–Crippen MR) is 89.5 cm³/mol. The molecule has 1 atom stereocenters. The molecular formula is C18H22BrN. The highest BCUT2D eigenvalue weighted by Crippen LogP contribution is 2.35. The van der Waals surface area contributed by atoms with Gasteiger partial charge in [0.2, 0.25) is 0 Å². The van der Waals surface area contributed by atoms with Crippen molar-refractivity contribution in [2.45, 2.75) is 44.4 Å². The van der Waals surface area contributed by atoms with Gasteiger partial charge in [-0.1, -0.05) is 67.0 Å². The molecule has 0 bridgehead atoms. The molecule has 0 spiro atoms. The van der Waals surface area contributed by atoms with Crippen LogP contribution >= 0.6 is 15.9 Å². The van der Waals surface area contributed by atoms with Crippen molar-refractivity contribution in [3.05, 3.63) is 65.0 Å². The first-order chi connectivity index (χ1) is 9.39. The molecule has 1 heterocycles. The smallest absolute Gasteiger partial charge is 0.0453 e. The first-order valence-corrected chi connectivity index (χ1v) is 7.95. The summed E-state index contributed by atoms with van der Waals surface area (Å²) in [4.78, 5) is 4.80. The Hall–Kier alpha value is -1.15. The summed E-state index contributed by atoms with van der Waals surface area (Å²) in [7, 11) is 0. The molecule has 0 saturated heterocycles. The van der Waals surface area contributed by atoms with Crippen molar-refractivity contribution in [1.82, 2.24) is 4.98 Å². The summed E-state index contributed by atoms with van der Waals surface area (Å²) < 4.78 is 0. The molecule has 2 rings (SSSR count). The lowest BCUT2D eigenvalue weighted by Crippen LogP contribution is -2.15. The minimum Gasteiger partial charge on any atom is -0.261 e. The summed E-state index contributed by atoms with van der Waals surface area (Å²) in [6.07, 6.45) is 2.79. The number of hydrogen-bond acceptors (Lipinski definition) is 1. The molecule has 1 aromatic heterocycles. The third kappa shape index (κ3) is 3.49. The van der Waals surface area contributed by atoms with Gasteiger partial charge in [0.15, 0.2) is 0 Å². The second-order valence-corrected chi connectivity index (χ2v) is 7.38. The number of rotatable bonds is 3. The monoisotopic (exact) mass is 331 g/mol. The van der Waals surface area contributed by atoms with E-state index in [-0.39, 0.29) is 5.41 Å². The molecule has 1 nitrogen and oxygen atoms in total. The van der Waals surface area contributed by atoms with Gasteiger partial charge in [-0.2, -0.15) is 0 Å². The normalized spacial score (nSPS) is 13.2. The quantitative estimate of drug-likeness (QED) is 0.689. The van der Waals surface area contributed by atoms with Crippen molar-refractivity contribution in [1.29, 1.82) is 0 Å². The van der Waals surface area contributed by atoms with Crippen LogP contribution in [0.5, 0.6) is 0 Å². The zero-order chi connectivity index (χ0) is 14.8. The number of aryl methyl sites for hydroxylation is 1. The Balaban J connectivity index is 2.31. The maximum Gasteiger partial charge on any atom is 0.0453 e. The summed E-state index contributed by atoms with van der Waals surface area (Å²) in [6.45, 7) is 8.91. The van der Waals surface area contributed by atoms with Crippen LogP contribution in [0.2, 0.25) is 0 Å². The fourth-order valence-corrected chi connectivity index (χ4v) is 3.17. The van der Waals surface area contributed by atoms with Crippen LogP contribution in [-0.4, -0.2) is 4.98 Å². The van der Waals surface area contributed by atoms with E-state index >= 15 is 0 Å². The predicted octanol–water partition coefficient (Wildman–Crippen LogP) is 5.37. The molecule has 1 aromatic carbocycles. The Morgan fingerprint density at radius 2 is 1.80 bits per heavy atom. The fourth-order valence-electron chi connectivity index (χ4n) is 2.46. The lowest BCUT2D eigenvalue weighted by Gasteiger charge is -2.25. The van der Waals surface area contributed by atoms with E-state index in [0.29, 0.717) is 4.83 Å². The average Bonchev–Trinajstić information content (AvgIpc) is 2.40. The summed E-state index contributed by atoms with van der Waals surface area (Å²) in [5.74, 6) is 0. The van der Waals surface area contributed by atoms with E-state index in [1.54, 1.807) is 0 Å². The van der Waals surface area contributed by atoms with Crippen molar-refractivity contribution in [3.8, 4) is 0 Å². The molecule has 20 heavy (non-hydrogen) atoms. The Labute approximate surface area is 130 Å². The van der Waals surface area contributed by atoms with E-state index in [2.05, 4.69) is 78.9 Å². The maximum atomic E-state index is 4.51. The number of alkyl halides is 1. The lowest BCUT2D eigenvalue weighted by molar-refractivity contribution is 0.581. The number of hydrogen-bond donors (Lipinski definition) is 0. The Kier molecular flexibility index (Phi) is 4.64. The van der Waals surface area contributed by atoms with E-state index in [1.165, 1.54) is 16.7 Å². The van der Waals surface area contributed by atoms with Crippen LogP contribution in [0, 0.1) is 6.92 Å². The standard InChI is InChI=1S/C18H22BrN/c1-13-8-7-11-20-17(13)12-16(19)14-9-5-6-10-15(14)18(2,3)4/h5-11,16H,12H2,1-4H3. The number of halogens is 1. The van der Waals surface area contributed by atoms with Crippen LogP contribution < -0.4 is 0 Å². The van der Waals surface area contributed by atoms with Gasteiger partial charge >= 0.3 is 0 Å². The molecule has 0 saturated carbocycles. The molecule has 0 N–H and O–H groups in total. The van der Waals surface area contributed by atoms with Gasteiger partial charge in [-0.25, -0.2) is 0 Å². The minimum absolute atomic E-state index is 0.155. The highest BCUT2D eigenvalue weighted by Gasteiger charge is 2.21. The van der Waals surface area contributed by atoms with Gasteiger partial charge in [0.1, 0.15) is 0 Å². The summed E-state index contributed by atoms with van der Waals surface area (Å²) in [5.41, 5.74) is 5.34. The molecule has 0 fully saturated rings. The largest absolute Gasteiger partial charge is 0.261 e. The molecule has 0 aliphatic rings. The van der Waals surface area contributed by atoms with Crippen LogP contribution in [0.15, 0.2) is 42.6 Å². The first-order valence-electron chi connectivity index (χ1n) is 7.03. The van der Waals surface area contributed by atoms with Crippen molar-refractivity contribution in [2.24, 2.45) is 0 Å². The molecule has 106 valence electrons. The van der Waals surface area contributed by atoms with Gasteiger partial charge in [0.25, 0.3) is 0 Å².